The van der Waals surface area contributed by atoms with E-state index in [-0.39, 0.29) is 18.0 Å². The fourth-order valence-corrected chi connectivity index (χ4v) is 1.55. The number of amides is 1. The van der Waals surface area contributed by atoms with Crippen molar-refractivity contribution in [3.8, 4) is 0 Å². The van der Waals surface area contributed by atoms with Crippen molar-refractivity contribution in [1.82, 2.24) is 15.1 Å². The van der Waals surface area contributed by atoms with Gasteiger partial charge in [-0.25, -0.2) is 0 Å². The van der Waals surface area contributed by atoms with E-state index in [4.69, 9.17) is 0 Å². The van der Waals surface area contributed by atoms with Crippen LogP contribution in [-0.4, -0.2) is 32.9 Å². The van der Waals surface area contributed by atoms with Crippen LogP contribution in [0.3, 0.4) is 0 Å². The van der Waals surface area contributed by atoms with Crippen molar-refractivity contribution in [3.05, 3.63) is 18.0 Å². The van der Waals surface area contributed by atoms with Crippen molar-refractivity contribution in [2.45, 2.75) is 52.3 Å². The number of aromatic nitrogens is 2. The average molecular weight is 239 g/mol. The Hall–Kier alpha value is -1.36. The monoisotopic (exact) mass is 239 g/mol. The summed E-state index contributed by atoms with van der Waals surface area (Å²) in [6.07, 6.45) is 1.91. The second-order valence-electron chi connectivity index (χ2n) is 4.50. The summed E-state index contributed by atoms with van der Waals surface area (Å²) in [5, 5.41) is 16.4. The molecule has 0 fully saturated rings. The molecule has 5 heteroatoms. The summed E-state index contributed by atoms with van der Waals surface area (Å²) in [5.41, 5.74) is 0.387. The van der Waals surface area contributed by atoms with Gasteiger partial charge in [-0.3, -0.25) is 9.48 Å². The van der Waals surface area contributed by atoms with Gasteiger partial charge in [0.2, 0.25) is 0 Å². The van der Waals surface area contributed by atoms with Crippen molar-refractivity contribution in [2.75, 3.05) is 0 Å². The van der Waals surface area contributed by atoms with Gasteiger partial charge in [0.1, 0.15) is 5.69 Å². The number of carbonyl (C=O) groups excluding carboxylic acids is 1. The van der Waals surface area contributed by atoms with Crippen LogP contribution >= 0.6 is 0 Å². The standard InChI is InChI=1S/C12H21N3O2/c1-5-10(9(4)16)13-12(17)11-6-7-15(14-11)8(2)3/h6-10,16H,5H2,1-4H3,(H,13,17). The second-order valence-corrected chi connectivity index (χ2v) is 4.50. The van der Waals surface area contributed by atoms with Gasteiger partial charge in [-0.1, -0.05) is 6.92 Å². The zero-order valence-corrected chi connectivity index (χ0v) is 10.8. The van der Waals surface area contributed by atoms with Crippen LogP contribution < -0.4 is 5.32 Å². The SMILES string of the molecule is CCC(NC(=O)c1ccn(C(C)C)n1)C(C)O. The summed E-state index contributed by atoms with van der Waals surface area (Å²) >= 11 is 0. The van der Waals surface area contributed by atoms with Gasteiger partial charge in [-0.05, 0) is 33.3 Å². The molecule has 0 aliphatic rings. The molecular formula is C12H21N3O2. The molecule has 0 bridgehead atoms. The molecule has 0 aliphatic carbocycles. The van der Waals surface area contributed by atoms with Crippen LogP contribution in [0.1, 0.15) is 50.6 Å². The molecule has 1 aromatic heterocycles. The highest BCUT2D eigenvalue weighted by atomic mass is 16.3. The van der Waals surface area contributed by atoms with Crippen LogP contribution in [0.4, 0.5) is 0 Å². The zero-order chi connectivity index (χ0) is 13.0. The number of aliphatic hydroxyl groups excluding tert-OH is 1. The largest absolute Gasteiger partial charge is 0.391 e. The first-order valence-corrected chi connectivity index (χ1v) is 5.99. The highest BCUT2D eigenvalue weighted by Crippen LogP contribution is 2.05. The second kappa shape index (κ2) is 5.82. The molecule has 0 radical (unpaired) electrons. The lowest BCUT2D eigenvalue weighted by molar-refractivity contribution is 0.0849. The molecule has 0 saturated carbocycles. The number of rotatable bonds is 5. The van der Waals surface area contributed by atoms with Gasteiger partial charge in [-0.15, -0.1) is 0 Å². The van der Waals surface area contributed by atoms with Crippen molar-refractivity contribution in [3.63, 3.8) is 0 Å². The third-order valence-corrected chi connectivity index (χ3v) is 2.71. The predicted octanol–water partition coefficient (Wildman–Crippen LogP) is 1.35. The number of hydrogen-bond donors (Lipinski definition) is 2. The number of hydrogen-bond acceptors (Lipinski definition) is 3. The highest BCUT2D eigenvalue weighted by Gasteiger charge is 2.18. The molecule has 0 aromatic carbocycles. The lowest BCUT2D eigenvalue weighted by atomic mass is 10.1. The number of carbonyl (C=O) groups is 1. The number of nitrogens with one attached hydrogen (secondary N) is 1. The van der Waals surface area contributed by atoms with E-state index in [0.717, 1.165) is 0 Å². The Bertz CT molecular complexity index is 372. The van der Waals surface area contributed by atoms with Crippen LogP contribution in [0.2, 0.25) is 0 Å². The van der Waals surface area contributed by atoms with Crippen molar-refractivity contribution in [2.24, 2.45) is 0 Å². The molecule has 17 heavy (non-hydrogen) atoms. The minimum atomic E-state index is -0.559. The maximum absolute atomic E-state index is 11.9. The summed E-state index contributed by atoms with van der Waals surface area (Å²) in [4.78, 5) is 11.9. The molecule has 5 nitrogen and oxygen atoms in total. The highest BCUT2D eigenvalue weighted by molar-refractivity contribution is 5.92. The predicted molar refractivity (Wildman–Crippen MR) is 65.8 cm³/mol. The molecule has 2 atom stereocenters. The normalized spacial score (nSPS) is 14.7. The van der Waals surface area contributed by atoms with Crippen LogP contribution in [0, 0.1) is 0 Å². The maximum atomic E-state index is 11.9. The lowest BCUT2D eigenvalue weighted by Crippen LogP contribution is -2.41. The summed E-state index contributed by atoms with van der Waals surface area (Å²) in [6.45, 7) is 7.59. The molecular weight excluding hydrogens is 218 g/mol. The Morgan fingerprint density at radius 3 is 2.59 bits per heavy atom. The van der Waals surface area contributed by atoms with Crippen LogP contribution in [0.25, 0.3) is 0 Å². The molecule has 1 amide bonds. The molecule has 1 rings (SSSR count). The third-order valence-electron chi connectivity index (χ3n) is 2.71. The minimum absolute atomic E-state index is 0.230. The van der Waals surface area contributed by atoms with E-state index in [0.29, 0.717) is 12.1 Å². The van der Waals surface area contributed by atoms with Gasteiger partial charge < -0.3 is 10.4 Å². The summed E-state index contributed by atoms with van der Waals surface area (Å²) in [5.74, 6) is -0.239. The zero-order valence-electron chi connectivity index (χ0n) is 10.8. The van der Waals surface area contributed by atoms with E-state index in [1.54, 1.807) is 23.9 Å². The van der Waals surface area contributed by atoms with Crippen molar-refractivity contribution >= 4 is 5.91 Å². The molecule has 0 saturated heterocycles. The lowest BCUT2D eigenvalue weighted by Gasteiger charge is -2.18. The van der Waals surface area contributed by atoms with Crippen molar-refractivity contribution < 1.29 is 9.90 Å². The van der Waals surface area contributed by atoms with Crippen LogP contribution in [0.5, 0.6) is 0 Å². The molecule has 96 valence electrons. The number of aliphatic hydroxyl groups is 1. The van der Waals surface area contributed by atoms with E-state index in [9.17, 15) is 9.90 Å². The summed E-state index contributed by atoms with van der Waals surface area (Å²) in [7, 11) is 0. The van der Waals surface area contributed by atoms with Gasteiger partial charge in [0.05, 0.1) is 12.1 Å². The van der Waals surface area contributed by atoms with E-state index >= 15 is 0 Å². The Labute approximate surface area is 102 Å². The van der Waals surface area contributed by atoms with E-state index in [2.05, 4.69) is 10.4 Å². The van der Waals surface area contributed by atoms with Gasteiger partial charge >= 0.3 is 0 Å². The first-order chi connectivity index (χ1) is 7.95. The third kappa shape index (κ3) is 3.56. The Balaban J connectivity index is 2.69. The van der Waals surface area contributed by atoms with Gasteiger partial charge in [-0.2, -0.15) is 5.10 Å². The van der Waals surface area contributed by atoms with Crippen LogP contribution in [0.15, 0.2) is 12.3 Å². The average Bonchev–Trinajstić information content (AvgIpc) is 2.74. The fourth-order valence-electron chi connectivity index (χ4n) is 1.55. The molecule has 2 unspecified atom stereocenters. The quantitative estimate of drug-likeness (QED) is 0.815. The van der Waals surface area contributed by atoms with E-state index in [1.165, 1.54) is 0 Å². The topological polar surface area (TPSA) is 67.2 Å². The van der Waals surface area contributed by atoms with Gasteiger partial charge in [0, 0.05) is 12.2 Å². The number of nitrogens with zero attached hydrogens (tertiary/aromatic N) is 2. The van der Waals surface area contributed by atoms with Gasteiger partial charge in [0.15, 0.2) is 0 Å². The minimum Gasteiger partial charge on any atom is -0.391 e. The fraction of sp³-hybridized carbons (Fsp3) is 0.667. The first kappa shape index (κ1) is 13.7. The Morgan fingerprint density at radius 2 is 2.18 bits per heavy atom. The first-order valence-electron chi connectivity index (χ1n) is 5.99. The van der Waals surface area contributed by atoms with Crippen molar-refractivity contribution in [1.29, 1.82) is 0 Å². The summed E-state index contributed by atoms with van der Waals surface area (Å²) < 4.78 is 1.73. The van der Waals surface area contributed by atoms with E-state index in [1.807, 2.05) is 20.8 Å². The smallest absolute Gasteiger partial charge is 0.272 e. The van der Waals surface area contributed by atoms with Gasteiger partial charge in [0.25, 0.3) is 5.91 Å². The molecule has 1 aromatic rings. The van der Waals surface area contributed by atoms with Crippen LogP contribution in [-0.2, 0) is 0 Å². The molecule has 0 aliphatic heterocycles. The van der Waals surface area contributed by atoms with E-state index < -0.39 is 6.10 Å². The Kier molecular flexibility index (Phi) is 4.69. The molecule has 2 N–H and O–H groups in total. The Morgan fingerprint density at radius 1 is 1.53 bits per heavy atom. The molecule has 0 spiro atoms. The molecule has 1 heterocycles. The maximum Gasteiger partial charge on any atom is 0.272 e. The summed E-state index contributed by atoms with van der Waals surface area (Å²) in [6, 6.07) is 1.69.